The molecule has 0 bridgehead atoms. The molecular formula is C14H25N3O3. The molecule has 2 amide bonds. The molecule has 2 aliphatic rings. The first-order valence-corrected chi connectivity index (χ1v) is 7.45. The summed E-state index contributed by atoms with van der Waals surface area (Å²) in [6.45, 7) is 7.76. The number of carbonyl (C=O) groups is 2. The molecule has 0 aromatic rings. The third-order valence-corrected chi connectivity index (χ3v) is 4.67. The second-order valence-electron chi connectivity index (χ2n) is 6.21. The largest absolute Gasteiger partial charge is 0.481 e. The summed E-state index contributed by atoms with van der Waals surface area (Å²) in [5.41, 5.74) is -0.713. The van der Waals surface area contributed by atoms with E-state index in [0.717, 1.165) is 19.5 Å². The van der Waals surface area contributed by atoms with Crippen LogP contribution in [0.1, 0.15) is 33.1 Å². The number of carboxylic acid groups (broad SMARTS) is 1. The van der Waals surface area contributed by atoms with Crippen LogP contribution in [0.3, 0.4) is 0 Å². The van der Waals surface area contributed by atoms with E-state index >= 15 is 0 Å². The van der Waals surface area contributed by atoms with E-state index in [9.17, 15) is 14.7 Å². The molecule has 6 heteroatoms. The normalized spacial score (nSPS) is 22.4. The number of amides is 2. The molecule has 2 fully saturated rings. The molecule has 0 aromatic carbocycles. The van der Waals surface area contributed by atoms with E-state index in [1.807, 2.05) is 0 Å². The van der Waals surface area contributed by atoms with Crippen molar-refractivity contribution in [1.29, 1.82) is 0 Å². The molecule has 1 aliphatic heterocycles. The van der Waals surface area contributed by atoms with Gasteiger partial charge in [0.2, 0.25) is 0 Å². The van der Waals surface area contributed by atoms with Crippen molar-refractivity contribution in [2.75, 3.05) is 32.7 Å². The third-order valence-electron chi connectivity index (χ3n) is 4.67. The van der Waals surface area contributed by atoms with E-state index < -0.39 is 11.4 Å². The number of rotatable bonds is 4. The Morgan fingerprint density at radius 1 is 1.20 bits per heavy atom. The van der Waals surface area contributed by atoms with Crippen molar-refractivity contribution in [3.63, 3.8) is 0 Å². The maximum Gasteiger partial charge on any atom is 0.317 e. The molecule has 0 radical (unpaired) electrons. The fraction of sp³-hybridized carbons (Fsp3) is 0.857. The van der Waals surface area contributed by atoms with Crippen molar-refractivity contribution in [3.8, 4) is 0 Å². The fourth-order valence-electron chi connectivity index (χ4n) is 2.87. The van der Waals surface area contributed by atoms with Crippen LogP contribution in [0.4, 0.5) is 4.79 Å². The summed E-state index contributed by atoms with van der Waals surface area (Å²) in [5, 5.41) is 12.0. The van der Waals surface area contributed by atoms with Gasteiger partial charge in [-0.05, 0) is 26.7 Å². The number of carboxylic acids is 1. The summed E-state index contributed by atoms with van der Waals surface area (Å²) >= 11 is 0. The first-order chi connectivity index (χ1) is 9.44. The first-order valence-electron chi connectivity index (χ1n) is 7.45. The Hall–Kier alpha value is -1.30. The summed E-state index contributed by atoms with van der Waals surface area (Å²) in [5.74, 6) is -0.784. The fourth-order valence-corrected chi connectivity index (χ4v) is 2.87. The zero-order valence-corrected chi connectivity index (χ0v) is 12.4. The molecule has 0 aromatic heterocycles. The minimum atomic E-state index is -0.784. The van der Waals surface area contributed by atoms with Crippen LogP contribution in [0.5, 0.6) is 0 Å². The van der Waals surface area contributed by atoms with Gasteiger partial charge in [0, 0.05) is 38.8 Å². The van der Waals surface area contributed by atoms with Crippen molar-refractivity contribution in [3.05, 3.63) is 0 Å². The SMILES string of the molecule is CC(C)N1CCN(C(=O)NCC2(C(=O)O)CCC2)CC1. The molecule has 1 saturated carbocycles. The number of hydrogen-bond acceptors (Lipinski definition) is 3. The van der Waals surface area contributed by atoms with Crippen LogP contribution >= 0.6 is 0 Å². The second-order valence-corrected chi connectivity index (χ2v) is 6.21. The summed E-state index contributed by atoms with van der Waals surface area (Å²) in [6.07, 6.45) is 2.28. The van der Waals surface area contributed by atoms with E-state index in [2.05, 4.69) is 24.1 Å². The lowest BCUT2D eigenvalue weighted by atomic mass is 9.69. The number of urea groups is 1. The summed E-state index contributed by atoms with van der Waals surface area (Å²) in [6, 6.07) is 0.381. The highest BCUT2D eigenvalue weighted by Crippen LogP contribution is 2.40. The Balaban J connectivity index is 1.77. The van der Waals surface area contributed by atoms with Gasteiger partial charge in [-0.3, -0.25) is 9.69 Å². The Kier molecular flexibility index (Phi) is 4.52. The minimum absolute atomic E-state index is 0.124. The lowest BCUT2D eigenvalue weighted by Gasteiger charge is -2.40. The lowest BCUT2D eigenvalue weighted by molar-refractivity contribution is -0.153. The highest BCUT2D eigenvalue weighted by molar-refractivity contribution is 5.79. The number of hydrogen-bond donors (Lipinski definition) is 2. The molecule has 0 atom stereocenters. The van der Waals surface area contributed by atoms with E-state index in [0.29, 0.717) is 32.0 Å². The quantitative estimate of drug-likeness (QED) is 0.806. The molecule has 114 valence electrons. The summed E-state index contributed by atoms with van der Waals surface area (Å²) < 4.78 is 0. The van der Waals surface area contributed by atoms with Gasteiger partial charge in [-0.2, -0.15) is 0 Å². The van der Waals surface area contributed by atoms with Crippen LogP contribution in [0.15, 0.2) is 0 Å². The zero-order valence-electron chi connectivity index (χ0n) is 12.4. The Labute approximate surface area is 120 Å². The van der Waals surface area contributed by atoms with Gasteiger partial charge >= 0.3 is 12.0 Å². The van der Waals surface area contributed by atoms with Crippen molar-refractivity contribution in [2.24, 2.45) is 5.41 Å². The highest BCUT2D eigenvalue weighted by Gasteiger charge is 2.44. The highest BCUT2D eigenvalue weighted by atomic mass is 16.4. The van der Waals surface area contributed by atoms with Crippen molar-refractivity contribution in [2.45, 2.75) is 39.2 Å². The number of aliphatic carboxylic acids is 1. The van der Waals surface area contributed by atoms with Crippen LogP contribution < -0.4 is 5.32 Å². The number of nitrogens with zero attached hydrogens (tertiary/aromatic N) is 2. The monoisotopic (exact) mass is 283 g/mol. The van der Waals surface area contributed by atoms with E-state index in [4.69, 9.17) is 0 Å². The Morgan fingerprint density at radius 2 is 1.80 bits per heavy atom. The summed E-state index contributed by atoms with van der Waals surface area (Å²) in [4.78, 5) is 27.5. The van der Waals surface area contributed by atoms with Gasteiger partial charge in [0.15, 0.2) is 0 Å². The molecule has 0 unspecified atom stereocenters. The third kappa shape index (κ3) is 3.06. The van der Waals surface area contributed by atoms with Crippen molar-refractivity contribution < 1.29 is 14.7 Å². The topological polar surface area (TPSA) is 72.9 Å². The van der Waals surface area contributed by atoms with Crippen LogP contribution in [-0.2, 0) is 4.79 Å². The van der Waals surface area contributed by atoms with Gasteiger partial charge in [0.05, 0.1) is 5.41 Å². The number of nitrogens with one attached hydrogen (secondary N) is 1. The number of carbonyl (C=O) groups excluding carboxylic acids is 1. The molecular weight excluding hydrogens is 258 g/mol. The van der Waals surface area contributed by atoms with E-state index in [1.165, 1.54) is 0 Å². The maximum absolute atomic E-state index is 12.1. The molecule has 1 saturated heterocycles. The minimum Gasteiger partial charge on any atom is -0.481 e. The Bertz CT molecular complexity index is 372. The van der Waals surface area contributed by atoms with E-state index in [1.54, 1.807) is 4.90 Å². The molecule has 2 N–H and O–H groups in total. The molecule has 2 rings (SSSR count). The average molecular weight is 283 g/mol. The van der Waals surface area contributed by atoms with Crippen LogP contribution in [-0.4, -0.2) is 65.7 Å². The Morgan fingerprint density at radius 3 is 2.20 bits per heavy atom. The molecule has 6 nitrogen and oxygen atoms in total. The second kappa shape index (κ2) is 5.99. The van der Waals surface area contributed by atoms with Crippen LogP contribution in [0.2, 0.25) is 0 Å². The number of piperazine rings is 1. The van der Waals surface area contributed by atoms with Gasteiger partial charge in [0.25, 0.3) is 0 Å². The smallest absolute Gasteiger partial charge is 0.317 e. The van der Waals surface area contributed by atoms with Crippen LogP contribution in [0.25, 0.3) is 0 Å². The first kappa shape index (κ1) is 15.1. The molecule has 0 spiro atoms. The predicted molar refractivity (Wildman–Crippen MR) is 75.6 cm³/mol. The van der Waals surface area contributed by atoms with Gasteiger partial charge < -0.3 is 15.3 Å². The van der Waals surface area contributed by atoms with E-state index in [-0.39, 0.29) is 12.6 Å². The summed E-state index contributed by atoms with van der Waals surface area (Å²) in [7, 11) is 0. The standard InChI is InChI=1S/C14H25N3O3/c1-11(2)16-6-8-17(9-7-16)13(20)15-10-14(12(18)19)4-3-5-14/h11H,3-10H2,1-2H3,(H,15,20)(H,18,19). The van der Waals surface area contributed by atoms with Gasteiger partial charge in [-0.1, -0.05) is 6.42 Å². The van der Waals surface area contributed by atoms with Crippen molar-refractivity contribution in [1.82, 2.24) is 15.1 Å². The van der Waals surface area contributed by atoms with Gasteiger partial charge in [-0.25, -0.2) is 4.79 Å². The predicted octanol–water partition coefficient (Wildman–Crippen LogP) is 0.977. The van der Waals surface area contributed by atoms with Crippen LogP contribution in [0, 0.1) is 5.41 Å². The molecule has 1 heterocycles. The lowest BCUT2D eigenvalue weighted by Crippen LogP contribution is -2.55. The van der Waals surface area contributed by atoms with Crippen molar-refractivity contribution >= 4 is 12.0 Å². The maximum atomic E-state index is 12.1. The molecule has 1 aliphatic carbocycles. The average Bonchev–Trinajstić information content (AvgIpc) is 2.36. The van der Waals surface area contributed by atoms with Gasteiger partial charge in [0.1, 0.15) is 0 Å². The molecule has 20 heavy (non-hydrogen) atoms. The zero-order chi connectivity index (χ0) is 14.8. The van der Waals surface area contributed by atoms with Gasteiger partial charge in [-0.15, -0.1) is 0 Å².